The van der Waals surface area contributed by atoms with Gasteiger partial charge < -0.3 is 15.0 Å². The molecule has 1 saturated heterocycles. The number of nitrogens with one attached hydrogen (secondary N) is 1. The number of thioether (sulfide) groups is 1. The van der Waals surface area contributed by atoms with Crippen molar-refractivity contribution in [3.05, 3.63) is 59.7 Å². The van der Waals surface area contributed by atoms with Gasteiger partial charge in [-0.3, -0.25) is 9.59 Å². The van der Waals surface area contributed by atoms with E-state index in [1.165, 1.54) is 28.8 Å². The number of anilines is 1. The number of benzene rings is 2. The molecule has 5 nitrogen and oxygen atoms in total. The van der Waals surface area contributed by atoms with E-state index in [-0.39, 0.29) is 11.6 Å². The van der Waals surface area contributed by atoms with Gasteiger partial charge in [-0.15, -0.1) is 11.8 Å². The molecule has 27 heavy (non-hydrogen) atoms. The molecule has 1 unspecified atom stereocenters. The molecule has 0 radical (unpaired) electrons. The summed E-state index contributed by atoms with van der Waals surface area (Å²) in [5, 5.41) is 2.37. The van der Waals surface area contributed by atoms with E-state index in [0.29, 0.717) is 29.5 Å². The molecule has 2 amide bonds. The van der Waals surface area contributed by atoms with E-state index in [0.717, 1.165) is 6.07 Å². The van der Waals surface area contributed by atoms with Crippen LogP contribution in [0.15, 0.2) is 42.5 Å². The van der Waals surface area contributed by atoms with Crippen LogP contribution in [0.4, 0.5) is 14.5 Å². The topological polar surface area (TPSA) is 58.6 Å². The smallest absolute Gasteiger partial charge is 0.255 e. The number of rotatable bonds is 5. The molecular formula is C19H18F2N2O3S. The summed E-state index contributed by atoms with van der Waals surface area (Å²) in [5.74, 6) is -1.65. The number of amides is 2. The highest BCUT2D eigenvalue weighted by atomic mass is 32.2. The molecule has 0 spiro atoms. The van der Waals surface area contributed by atoms with Crippen molar-refractivity contribution in [1.29, 1.82) is 0 Å². The van der Waals surface area contributed by atoms with Crippen LogP contribution in [-0.4, -0.2) is 41.0 Å². The normalized spacial score (nSPS) is 16.3. The second-order valence-corrected chi connectivity index (χ2v) is 6.84. The summed E-state index contributed by atoms with van der Waals surface area (Å²) < 4.78 is 32.5. The summed E-state index contributed by atoms with van der Waals surface area (Å²) >= 11 is 1.42. The van der Waals surface area contributed by atoms with Gasteiger partial charge in [0.2, 0.25) is 5.91 Å². The van der Waals surface area contributed by atoms with Crippen LogP contribution >= 0.6 is 11.8 Å². The Labute approximate surface area is 159 Å². The zero-order chi connectivity index (χ0) is 19.4. The Hall–Kier alpha value is -2.61. The third kappa shape index (κ3) is 4.21. The fraction of sp³-hybridized carbons (Fsp3) is 0.263. The minimum absolute atomic E-state index is 0.245. The molecule has 0 aliphatic carbocycles. The molecule has 1 aliphatic rings. The maximum absolute atomic E-state index is 13.8. The van der Waals surface area contributed by atoms with Gasteiger partial charge in [0.25, 0.3) is 5.91 Å². The number of ether oxygens (including phenoxy) is 1. The molecule has 0 saturated carbocycles. The van der Waals surface area contributed by atoms with Crippen molar-refractivity contribution in [2.24, 2.45) is 0 Å². The molecule has 1 fully saturated rings. The van der Waals surface area contributed by atoms with Crippen LogP contribution in [-0.2, 0) is 4.79 Å². The molecule has 1 atom stereocenters. The first kappa shape index (κ1) is 19.2. The summed E-state index contributed by atoms with van der Waals surface area (Å²) in [6, 6.07) is 9.44. The fourth-order valence-electron chi connectivity index (χ4n) is 2.70. The molecule has 2 aromatic carbocycles. The summed E-state index contributed by atoms with van der Waals surface area (Å²) in [4.78, 5) is 26.7. The summed E-state index contributed by atoms with van der Waals surface area (Å²) in [6.45, 7) is 2.39. The van der Waals surface area contributed by atoms with Crippen molar-refractivity contribution >= 4 is 29.3 Å². The molecule has 1 heterocycles. The SMILES string of the molecule is CCOc1ccc(C(=O)N2CSCC2C(=O)Nc2cccc(F)c2F)cc1. The molecule has 3 rings (SSSR count). The number of carbonyl (C=O) groups is 2. The molecule has 142 valence electrons. The lowest BCUT2D eigenvalue weighted by Gasteiger charge is -2.23. The van der Waals surface area contributed by atoms with E-state index in [1.54, 1.807) is 24.3 Å². The second kappa shape index (κ2) is 8.39. The number of halogens is 2. The quantitative estimate of drug-likeness (QED) is 0.846. The fourth-order valence-corrected chi connectivity index (χ4v) is 3.86. The van der Waals surface area contributed by atoms with Crippen LogP contribution in [0.3, 0.4) is 0 Å². The Morgan fingerprint density at radius 2 is 1.96 bits per heavy atom. The predicted molar refractivity (Wildman–Crippen MR) is 99.9 cm³/mol. The summed E-state index contributed by atoms with van der Waals surface area (Å²) in [6.07, 6.45) is 0. The van der Waals surface area contributed by atoms with Crippen molar-refractivity contribution in [2.45, 2.75) is 13.0 Å². The Balaban J connectivity index is 1.73. The van der Waals surface area contributed by atoms with Gasteiger partial charge in [-0.25, -0.2) is 8.78 Å². The van der Waals surface area contributed by atoms with Crippen LogP contribution in [0.2, 0.25) is 0 Å². The van der Waals surface area contributed by atoms with Crippen LogP contribution in [0, 0.1) is 11.6 Å². The van der Waals surface area contributed by atoms with Crippen LogP contribution in [0.1, 0.15) is 17.3 Å². The van der Waals surface area contributed by atoms with Gasteiger partial charge >= 0.3 is 0 Å². The largest absolute Gasteiger partial charge is 0.494 e. The van der Waals surface area contributed by atoms with Gasteiger partial charge in [-0.2, -0.15) is 0 Å². The van der Waals surface area contributed by atoms with E-state index < -0.39 is 23.6 Å². The highest BCUT2D eigenvalue weighted by Crippen LogP contribution is 2.26. The van der Waals surface area contributed by atoms with Gasteiger partial charge in [-0.1, -0.05) is 6.07 Å². The van der Waals surface area contributed by atoms with Crippen molar-refractivity contribution < 1.29 is 23.1 Å². The van der Waals surface area contributed by atoms with Gasteiger partial charge in [0, 0.05) is 11.3 Å². The molecule has 2 aromatic rings. The van der Waals surface area contributed by atoms with Crippen molar-refractivity contribution in [3.8, 4) is 5.75 Å². The molecule has 8 heteroatoms. The van der Waals surface area contributed by atoms with E-state index in [2.05, 4.69) is 5.32 Å². The number of hydrogen-bond acceptors (Lipinski definition) is 4. The van der Waals surface area contributed by atoms with Crippen LogP contribution < -0.4 is 10.1 Å². The molecule has 1 aliphatic heterocycles. The van der Waals surface area contributed by atoms with E-state index in [1.807, 2.05) is 6.92 Å². The summed E-state index contributed by atoms with van der Waals surface area (Å²) in [5.41, 5.74) is 0.182. The minimum Gasteiger partial charge on any atom is -0.494 e. The zero-order valence-electron chi connectivity index (χ0n) is 14.6. The predicted octanol–water partition coefficient (Wildman–Crippen LogP) is 3.52. The first-order valence-corrected chi connectivity index (χ1v) is 9.53. The standard InChI is InChI=1S/C19H18F2N2O3S/c1-2-26-13-8-6-12(7-9-13)19(25)23-11-27-10-16(23)18(24)22-15-5-3-4-14(20)17(15)21/h3-9,16H,2,10-11H2,1H3,(H,22,24). The average molecular weight is 392 g/mol. The lowest BCUT2D eigenvalue weighted by Crippen LogP contribution is -2.44. The molecule has 0 aromatic heterocycles. The Morgan fingerprint density at radius 3 is 2.67 bits per heavy atom. The van der Waals surface area contributed by atoms with Gasteiger partial charge in [0.05, 0.1) is 18.2 Å². The van der Waals surface area contributed by atoms with Crippen LogP contribution in [0.25, 0.3) is 0 Å². The van der Waals surface area contributed by atoms with E-state index >= 15 is 0 Å². The number of carbonyl (C=O) groups excluding carboxylic acids is 2. The number of nitrogens with zero attached hydrogens (tertiary/aromatic N) is 1. The lowest BCUT2D eigenvalue weighted by molar-refractivity contribution is -0.119. The van der Waals surface area contributed by atoms with E-state index in [9.17, 15) is 18.4 Å². The average Bonchev–Trinajstić information content (AvgIpc) is 3.16. The maximum Gasteiger partial charge on any atom is 0.255 e. The van der Waals surface area contributed by atoms with E-state index in [4.69, 9.17) is 4.74 Å². The van der Waals surface area contributed by atoms with Crippen molar-refractivity contribution in [2.75, 3.05) is 23.6 Å². The Bertz CT molecular complexity index is 845. The third-order valence-corrected chi connectivity index (χ3v) is 5.08. The van der Waals surface area contributed by atoms with Crippen LogP contribution in [0.5, 0.6) is 5.75 Å². The monoisotopic (exact) mass is 392 g/mol. The first-order chi connectivity index (χ1) is 13.0. The van der Waals surface area contributed by atoms with Crippen molar-refractivity contribution in [3.63, 3.8) is 0 Å². The highest BCUT2D eigenvalue weighted by Gasteiger charge is 2.35. The third-order valence-electron chi connectivity index (χ3n) is 4.07. The molecular weight excluding hydrogens is 374 g/mol. The Morgan fingerprint density at radius 1 is 1.22 bits per heavy atom. The van der Waals surface area contributed by atoms with Crippen molar-refractivity contribution in [1.82, 2.24) is 4.90 Å². The second-order valence-electron chi connectivity index (χ2n) is 5.84. The van der Waals surface area contributed by atoms with Gasteiger partial charge in [0.15, 0.2) is 11.6 Å². The minimum atomic E-state index is -1.12. The maximum atomic E-state index is 13.8. The highest BCUT2D eigenvalue weighted by molar-refractivity contribution is 7.99. The first-order valence-electron chi connectivity index (χ1n) is 8.37. The Kier molecular flexibility index (Phi) is 5.95. The number of hydrogen-bond donors (Lipinski definition) is 1. The molecule has 1 N–H and O–H groups in total. The van der Waals surface area contributed by atoms with Gasteiger partial charge in [0.1, 0.15) is 11.8 Å². The van der Waals surface area contributed by atoms with Gasteiger partial charge in [-0.05, 0) is 43.3 Å². The summed E-state index contributed by atoms with van der Waals surface area (Å²) in [7, 11) is 0. The molecule has 0 bridgehead atoms. The zero-order valence-corrected chi connectivity index (χ0v) is 15.4. The lowest BCUT2D eigenvalue weighted by atomic mass is 10.1.